The number of carbonyl (C=O) groups is 1. The van der Waals surface area contributed by atoms with E-state index in [9.17, 15) is 4.79 Å². The zero-order valence-electron chi connectivity index (χ0n) is 10.6. The van der Waals surface area contributed by atoms with Crippen LogP contribution in [0.3, 0.4) is 0 Å². The van der Waals surface area contributed by atoms with Crippen LogP contribution in [0.4, 0.5) is 0 Å². The van der Waals surface area contributed by atoms with E-state index >= 15 is 0 Å². The van der Waals surface area contributed by atoms with Gasteiger partial charge in [-0.1, -0.05) is 13.8 Å². The first-order valence-electron chi connectivity index (χ1n) is 5.55. The number of hydrogen-bond acceptors (Lipinski definition) is 3. The molecule has 1 rings (SSSR count). The summed E-state index contributed by atoms with van der Waals surface area (Å²) in [6.07, 6.45) is 0. The van der Waals surface area contributed by atoms with Crippen LogP contribution in [-0.2, 0) is 18.4 Å². The van der Waals surface area contributed by atoms with Gasteiger partial charge < -0.3 is 5.73 Å². The lowest BCUT2D eigenvalue weighted by Crippen LogP contribution is -2.44. The standard InChI is InChI=1S/C11H19BrN4O/c1-6(2)10(11(13)17)14-5-8-9(12)7(3)15-16(8)4/h6,10,14H,5H2,1-4H3,(H2,13,17). The Morgan fingerprint density at radius 2 is 2.18 bits per heavy atom. The van der Waals surface area contributed by atoms with Crippen LogP contribution in [0.1, 0.15) is 25.2 Å². The quantitative estimate of drug-likeness (QED) is 0.855. The number of primary amides is 1. The number of nitrogens with two attached hydrogens (primary N) is 1. The van der Waals surface area contributed by atoms with Crippen LogP contribution in [0.15, 0.2) is 4.47 Å². The Hall–Kier alpha value is -0.880. The highest BCUT2D eigenvalue weighted by molar-refractivity contribution is 9.10. The molecule has 1 atom stereocenters. The SMILES string of the molecule is Cc1nn(C)c(CNC(C(N)=O)C(C)C)c1Br. The molecule has 1 heterocycles. The highest BCUT2D eigenvalue weighted by Gasteiger charge is 2.20. The van der Waals surface area contributed by atoms with E-state index in [0.29, 0.717) is 6.54 Å². The fourth-order valence-corrected chi connectivity index (χ4v) is 2.22. The molecule has 6 heteroatoms. The number of aryl methyl sites for hydroxylation is 2. The molecule has 0 aliphatic rings. The molecule has 0 spiro atoms. The van der Waals surface area contributed by atoms with Gasteiger partial charge in [-0.15, -0.1) is 0 Å². The molecule has 0 saturated carbocycles. The number of aromatic nitrogens is 2. The van der Waals surface area contributed by atoms with Crippen LogP contribution < -0.4 is 11.1 Å². The minimum Gasteiger partial charge on any atom is -0.368 e. The predicted molar refractivity (Wildman–Crippen MR) is 70.3 cm³/mol. The fourth-order valence-electron chi connectivity index (χ4n) is 1.74. The Kier molecular flexibility index (Phi) is 4.70. The van der Waals surface area contributed by atoms with E-state index in [4.69, 9.17) is 5.73 Å². The highest BCUT2D eigenvalue weighted by atomic mass is 79.9. The third kappa shape index (κ3) is 3.29. The highest BCUT2D eigenvalue weighted by Crippen LogP contribution is 2.20. The average molecular weight is 303 g/mol. The summed E-state index contributed by atoms with van der Waals surface area (Å²) < 4.78 is 2.77. The van der Waals surface area contributed by atoms with Crippen molar-refractivity contribution in [1.82, 2.24) is 15.1 Å². The van der Waals surface area contributed by atoms with Crippen LogP contribution in [0.25, 0.3) is 0 Å². The Bertz CT molecular complexity index is 414. The third-order valence-corrected chi connectivity index (χ3v) is 3.76. The summed E-state index contributed by atoms with van der Waals surface area (Å²) in [5.41, 5.74) is 7.29. The molecule has 3 N–H and O–H groups in total. The van der Waals surface area contributed by atoms with Crippen molar-refractivity contribution in [3.05, 3.63) is 15.9 Å². The van der Waals surface area contributed by atoms with Gasteiger partial charge in [0.05, 0.1) is 21.9 Å². The van der Waals surface area contributed by atoms with Crippen molar-refractivity contribution in [3.8, 4) is 0 Å². The topological polar surface area (TPSA) is 72.9 Å². The summed E-state index contributed by atoms with van der Waals surface area (Å²) in [6, 6.07) is -0.322. The van der Waals surface area contributed by atoms with Crippen LogP contribution in [0.5, 0.6) is 0 Å². The monoisotopic (exact) mass is 302 g/mol. The molecule has 0 aromatic carbocycles. The minimum absolute atomic E-state index is 0.167. The Balaban J connectivity index is 2.75. The molecule has 0 bridgehead atoms. The maximum absolute atomic E-state index is 11.3. The van der Waals surface area contributed by atoms with Gasteiger partial charge in [0.25, 0.3) is 0 Å². The molecule has 0 aliphatic carbocycles. The summed E-state index contributed by atoms with van der Waals surface area (Å²) in [4.78, 5) is 11.3. The van der Waals surface area contributed by atoms with Crippen molar-refractivity contribution in [2.45, 2.75) is 33.4 Å². The van der Waals surface area contributed by atoms with Crippen molar-refractivity contribution >= 4 is 21.8 Å². The van der Waals surface area contributed by atoms with E-state index in [-0.39, 0.29) is 17.9 Å². The molecule has 17 heavy (non-hydrogen) atoms. The van der Waals surface area contributed by atoms with Gasteiger partial charge in [0.1, 0.15) is 0 Å². The molecule has 0 saturated heterocycles. The number of amides is 1. The van der Waals surface area contributed by atoms with Crippen molar-refractivity contribution in [3.63, 3.8) is 0 Å². The fraction of sp³-hybridized carbons (Fsp3) is 0.636. The Labute approximate surface area is 110 Å². The maximum atomic E-state index is 11.3. The molecule has 1 unspecified atom stereocenters. The number of carbonyl (C=O) groups excluding carboxylic acids is 1. The third-order valence-electron chi connectivity index (χ3n) is 2.72. The molecule has 1 aromatic heterocycles. The van der Waals surface area contributed by atoms with Crippen molar-refractivity contribution < 1.29 is 4.79 Å². The lowest BCUT2D eigenvalue weighted by atomic mass is 10.0. The van der Waals surface area contributed by atoms with Crippen LogP contribution in [-0.4, -0.2) is 21.7 Å². The minimum atomic E-state index is -0.324. The van der Waals surface area contributed by atoms with Gasteiger partial charge in [-0.2, -0.15) is 5.10 Å². The van der Waals surface area contributed by atoms with Gasteiger partial charge >= 0.3 is 0 Å². The molecule has 0 fully saturated rings. The lowest BCUT2D eigenvalue weighted by Gasteiger charge is -2.19. The number of hydrogen-bond donors (Lipinski definition) is 2. The summed E-state index contributed by atoms with van der Waals surface area (Å²) >= 11 is 3.49. The first-order chi connectivity index (χ1) is 7.84. The summed E-state index contributed by atoms with van der Waals surface area (Å²) in [5.74, 6) is -0.157. The summed E-state index contributed by atoms with van der Waals surface area (Å²) in [5, 5.41) is 7.46. The van der Waals surface area contributed by atoms with E-state index in [1.54, 1.807) is 4.68 Å². The van der Waals surface area contributed by atoms with Crippen LogP contribution >= 0.6 is 15.9 Å². The van der Waals surface area contributed by atoms with Crippen molar-refractivity contribution in [1.29, 1.82) is 0 Å². The molecular weight excluding hydrogens is 284 g/mol. The van der Waals surface area contributed by atoms with Gasteiger partial charge in [-0.05, 0) is 28.8 Å². The second kappa shape index (κ2) is 5.64. The predicted octanol–water partition coefficient (Wildman–Crippen LogP) is 1.09. The lowest BCUT2D eigenvalue weighted by molar-refractivity contribution is -0.121. The second-order valence-corrected chi connectivity index (χ2v) is 5.27. The van der Waals surface area contributed by atoms with Gasteiger partial charge in [0.2, 0.25) is 5.91 Å². The van der Waals surface area contributed by atoms with Crippen LogP contribution in [0, 0.1) is 12.8 Å². The number of halogens is 1. The van der Waals surface area contributed by atoms with Gasteiger partial charge in [-0.3, -0.25) is 14.8 Å². The molecule has 96 valence electrons. The molecular formula is C11H19BrN4O. The number of nitrogens with zero attached hydrogens (tertiary/aromatic N) is 2. The maximum Gasteiger partial charge on any atom is 0.234 e. The summed E-state index contributed by atoms with van der Waals surface area (Å²) in [6.45, 7) is 6.42. The van der Waals surface area contributed by atoms with Crippen molar-refractivity contribution in [2.24, 2.45) is 18.7 Å². The Morgan fingerprint density at radius 3 is 2.53 bits per heavy atom. The largest absolute Gasteiger partial charge is 0.368 e. The van der Waals surface area contributed by atoms with E-state index < -0.39 is 0 Å². The molecule has 0 radical (unpaired) electrons. The molecule has 1 amide bonds. The normalized spacial score (nSPS) is 13.1. The van der Waals surface area contributed by atoms with Gasteiger partial charge in [0.15, 0.2) is 0 Å². The first kappa shape index (κ1) is 14.2. The molecule has 0 aliphatic heterocycles. The van der Waals surface area contributed by atoms with E-state index in [2.05, 4.69) is 26.3 Å². The van der Waals surface area contributed by atoms with Crippen LogP contribution in [0.2, 0.25) is 0 Å². The van der Waals surface area contributed by atoms with Gasteiger partial charge in [0, 0.05) is 13.6 Å². The van der Waals surface area contributed by atoms with E-state index in [1.165, 1.54) is 0 Å². The zero-order valence-corrected chi connectivity index (χ0v) is 12.2. The first-order valence-corrected chi connectivity index (χ1v) is 6.34. The number of nitrogens with one attached hydrogen (secondary N) is 1. The average Bonchev–Trinajstić information content (AvgIpc) is 2.43. The summed E-state index contributed by atoms with van der Waals surface area (Å²) in [7, 11) is 1.88. The van der Waals surface area contributed by atoms with E-state index in [1.807, 2.05) is 27.8 Å². The molecule has 5 nitrogen and oxygen atoms in total. The smallest absolute Gasteiger partial charge is 0.234 e. The van der Waals surface area contributed by atoms with Crippen molar-refractivity contribution in [2.75, 3.05) is 0 Å². The number of rotatable bonds is 5. The van der Waals surface area contributed by atoms with Gasteiger partial charge in [-0.25, -0.2) is 0 Å². The van der Waals surface area contributed by atoms with E-state index in [0.717, 1.165) is 15.9 Å². The molecule has 1 aromatic rings. The Morgan fingerprint density at radius 1 is 1.59 bits per heavy atom. The zero-order chi connectivity index (χ0) is 13.2. The second-order valence-electron chi connectivity index (χ2n) is 4.47.